The van der Waals surface area contributed by atoms with Crippen molar-refractivity contribution in [2.24, 2.45) is 0 Å². The predicted octanol–water partition coefficient (Wildman–Crippen LogP) is 2.21. The summed E-state index contributed by atoms with van der Waals surface area (Å²) >= 11 is 7.12. The van der Waals surface area contributed by atoms with E-state index in [0.29, 0.717) is 9.90 Å². The number of aliphatic hydroxyl groups excluding tert-OH is 1. The Kier molecular flexibility index (Phi) is 2.78. The number of halogens is 1. The maximum atomic E-state index is 9.60. The summed E-state index contributed by atoms with van der Waals surface area (Å²) in [6, 6.07) is 1.70. The van der Waals surface area contributed by atoms with E-state index in [9.17, 15) is 10.2 Å². The molecule has 1 aromatic rings. The zero-order valence-electron chi connectivity index (χ0n) is 6.91. The molecule has 0 aliphatic rings. The summed E-state index contributed by atoms with van der Waals surface area (Å²) in [5.41, 5.74) is -1.14. The molecule has 12 heavy (non-hydrogen) atoms. The van der Waals surface area contributed by atoms with E-state index in [1.165, 1.54) is 11.3 Å². The van der Waals surface area contributed by atoms with Crippen LogP contribution in [0, 0.1) is 0 Å². The molecule has 1 unspecified atom stereocenters. The molecule has 0 bridgehead atoms. The zero-order valence-corrected chi connectivity index (χ0v) is 8.49. The standard InChI is InChI=1S/C8H11ClO2S/c1-8(2,11)7(10)6-5(9)3-4-12-6/h3-4,7,10-11H,1-2H3. The minimum Gasteiger partial charge on any atom is -0.387 e. The van der Waals surface area contributed by atoms with Crippen LogP contribution in [0.5, 0.6) is 0 Å². The summed E-state index contributed by atoms with van der Waals surface area (Å²) in [7, 11) is 0. The van der Waals surface area contributed by atoms with Gasteiger partial charge in [-0.2, -0.15) is 0 Å². The van der Waals surface area contributed by atoms with Crippen LogP contribution in [-0.2, 0) is 0 Å². The lowest BCUT2D eigenvalue weighted by Crippen LogP contribution is -2.28. The third-order valence-electron chi connectivity index (χ3n) is 1.56. The minimum absolute atomic E-state index is 0.509. The second-order valence-electron chi connectivity index (χ2n) is 3.19. The zero-order chi connectivity index (χ0) is 9.35. The number of hydrogen-bond acceptors (Lipinski definition) is 3. The van der Waals surface area contributed by atoms with Gasteiger partial charge in [0.05, 0.1) is 15.5 Å². The van der Waals surface area contributed by atoms with E-state index in [2.05, 4.69) is 0 Å². The number of rotatable bonds is 2. The van der Waals surface area contributed by atoms with Crippen molar-refractivity contribution in [3.05, 3.63) is 21.3 Å². The van der Waals surface area contributed by atoms with Gasteiger partial charge in [0.2, 0.25) is 0 Å². The number of hydrogen-bond donors (Lipinski definition) is 2. The highest BCUT2D eigenvalue weighted by molar-refractivity contribution is 7.10. The smallest absolute Gasteiger partial charge is 0.118 e. The highest BCUT2D eigenvalue weighted by Gasteiger charge is 2.28. The first-order valence-corrected chi connectivity index (χ1v) is 4.82. The van der Waals surface area contributed by atoms with Crippen LogP contribution in [0.2, 0.25) is 5.02 Å². The highest BCUT2D eigenvalue weighted by atomic mass is 35.5. The van der Waals surface area contributed by atoms with Crippen molar-refractivity contribution in [3.63, 3.8) is 0 Å². The van der Waals surface area contributed by atoms with E-state index >= 15 is 0 Å². The molecule has 0 aromatic carbocycles. The topological polar surface area (TPSA) is 40.5 Å². The van der Waals surface area contributed by atoms with Crippen molar-refractivity contribution in [3.8, 4) is 0 Å². The van der Waals surface area contributed by atoms with Crippen LogP contribution in [0.25, 0.3) is 0 Å². The van der Waals surface area contributed by atoms with Gasteiger partial charge in [-0.25, -0.2) is 0 Å². The Hall–Kier alpha value is -0.0900. The molecule has 0 aliphatic carbocycles. The molecule has 0 saturated carbocycles. The maximum Gasteiger partial charge on any atom is 0.118 e. The van der Waals surface area contributed by atoms with Crippen molar-refractivity contribution in [1.29, 1.82) is 0 Å². The Morgan fingerprint density at radius 2 is 2.17 bits per heavy atom. The second-order valence-corrected chi connectivity index (χ2v) is 4.54. The van der Waals surface area contributed by atoms with Crippen LogP contribution in [0.3, 0.4) is 0 Å². The van der Waals surface area contributed by atoms with Gasteiger partial charge in [0, 0.05) is 0 Å². The SMILES string of the molecule is CC(C)(O)C(O)c1sccc1Cl. The van der Waals surface area contributed by atoms with Crippen LogP contribution in [0.15, 0.2) is 11.4 Å². The third-order valence-corrected chi connectivity index (χ3v) is 2.97. The lowest BCUT2D eigenvalue weighted by atomic mass is 10.0. The Morgan fingerprint density at radius 1 is 1.58 bits per heavy atom. The van der Waals surface area contributed by atoms with Gasteiger partial charge in [0.25, 0.3) is 0 Å². The molecule has 2 N–H and O–H groups in total. The summed E-state index contributed by atoms with van der Waals surface area (Å²) < 4.78 is 0. The van der Waals surface area contributed by atoms with Gasteiger partial charge in [-0.1, -0.05) is 11.6 Å². The lowest BCUT2D eigenvalue weighted by molar-refractivity contribution is -0.0478. The summed E-state index contributed by atoms with van der Waals surface area (Å²) in [4.78, 5) is 0.615. The summed E-state index contributed by atoms with van der Waals surface area (Å²) in [6.45, 7) is 3.10. The van der Waals surface area contributed by atoms with Crippen LogP contribution in [0.4, 0.5) is 0 Å². The Bertz CT molecular complexity index is 264. The van der Waals surface area contributed by atoms with Crippen LogP contribution < -0.4 is 0 Å². The molecule has 0 radical (unpaired) electrons. The first-order chi connectivity index (χ1) is 5.43. The van der Waals surface area contributed by atoms with Crippen molar-refractivity contribution in [2.75, 3.05) is 0 Å². The normalized spacial score (nSPS) is 14.8. The molecule has 0 aliphatic heterocycles. The number of aliphatic hydroxyl groups is 2. The van der Waals surface area contributed by atoms with E-state index in [-0.39, 0.29) is 0 Å². The van der Waals surface area contributed by atoms with Crippen LogP contribution in [0.1, 0.15) is 24.8 Å². The van der Waals surface area contributed by atoms with Gasteiger partial charge in [-0.3, -0.25) is 0 Å². The summed E-state index contributed by atoms with van der Waals surface area (Å²) in [5, 5.41) is 21.4. The van der Waals surface area contributed by atoms with E-state index < -0.39 is 11.7 Å². The van der Waals surface area contributed by atoms with Crippen molar-refractivity contribution >= 4 is 22.9 Å². The molecule has 2 nitrogen and oxygen atoms in total. The Labute approximate surface area is 80.4 Å². The monoisotopic (exact) mass is 206 g/mol. The van der Waals surface area contributed by atoms with Crippen molar-refractivity contribution in [2.45, 2.75) is 25.6 Å². The molecule has 1 rings (SSSR count). The van der Waals surface area contributed by atoms with Gasteiger partial charge in [0.1, 0.15) is 6.10 Å². The second kappa shape index (κ2) is 3.34. The predicted molar refractivity (Wildman–Crippen MR) is 50.6 cm³/mol. The molecule has 0 saturated heterocycles. The fourth-order valence-electron chi connectivity index (χ4n) is 0.821. The molecule has 0 spiro atoms. The number of thiophene rings is 1. The van der Waals surface area contributed by atoms with Crippen LogP contribution in [-0.4, -0.2) is 15.8 Å². The third kappa shape index (κ3) is 1.98. The molecular formula is C8H11ClO2S. The average Bonchev–Trinajstić information content (AvgIpc) is 2.31. The van der Waals surface area contributed by atoms with Gasteiger partial charge in [0.15, 0.2) is 0 Å². The molecule has 1 atom stereocenters. The van der Waals surface area contributed by atoms with Gasteiger partial charge >= 0.3 is 0 Å². The minimum atomic E-state index is -1.14. The molecule has 1 heterocycles. The first kappa shape index (κ1) is 9.99. The van der Waals surface area contributed by atoms with E-state index in [1.54, 1.807) is 25.3 Å². The molecule has 0 amide bonds. The molecule has 0 fully saturated rings. The summed E-state index contributed by atoms with van der Waals surface area (Å²) in [5.74, 6) is 0. The van der Waals surface area contributed by atoms with E-state index in [1.807, 2.05) is 0 Å². The average molecular weight is 207 g/mol. The maximum absolute atomic E-state index is 9.60. The molecule has 4 heteroatoms. The Balaban J connectivity index is 2.92. The van der Waals surface area contributed by atoms with E-state index in [0.717, 1.165) is 0 Å². The Morgan fingerprint density at radius 3 is 2.50 bits per heavy atom. The quantitative estimate of drug-likeness (QED) is 0.779. The summed E-state index contributed by atoms with van der Waals surface area (Å²) in [6.07, 6.45) is -0.912. The fraction of sp³-hybridized carbons (Fsp3) is 0.500. The lowest BCUT2D eigenvalue weighted by Gasteiger charge is -2.23. The first-order valence-electron chi connectivity index (χ1n) is 3.56. The molecule has 68 valence electrons. The molecular weight excluding hydrogens is 196 g/mol. The largest absolute Gasteiger partial charge is 0.387 e. The van der Waals surface area contributed by atoms with E-state index in [4.69, 9.17) is 11.6 Å². The molecule has 1 aromatic heterocycles. The highest BCUT2D eigenvalue weighted by Crippen LogP contribution is 2.34. The fourth-order valence-corrected chi connectivity index (χ4v) is 2.14. The van der Waals surface area contributed by atoms with Crippen LogP contribution >= 0.6 is 22.9 Å². The van der Waals surface area contributed by atoms with Crippen molar-refractivity contribution < 1.29 is 10.2 Å². The van der Waals surface area contributed by atoms with Gasteiger partial charge < -0.3 is 10.2 Å². The van der Waals surface area contributed by atoms with Gasteiger partial charge in [-0.05, 0) is 25.3 Å². The van der Waals surface area contributed by atoms with Crippen molar-refractivity contribution in [1.82, 2.24) is 0 Å². The van der Waals surface area contributed by atoms with Gasteiger partial charge in [-0.15, -0.1) is 11.3 Å².